The predicted octanol–water partition coefficient (Wildman–Crippen LogP) is 0.257. The highest BCUT2D eigenvalue weighted by Gasteiger charge is 2.71. The molecule has 1 saturated carbocycles. The number of imide groups is 1. The van der Waals surface area contributed by atoms with Gasteiger partial charge in [-0.3, -0.25) is 14.5 Å². The Kier molecular flexibility index (Phi) is 0.926. The van der Waals surface area contributed by atoms with Crippen LogP contribution in [0.3, 0.4) is 0 Å². The van der Waals surface area contributed by atoms with E-state index in [9.17, 15) is 9.59 Å². The summed E-state index contributed by atoms with van der Waals surface area (Å²) in [5.74, 6) is -0.0185. The molecule has 2 rings (SSSR count). The van der Waals surface area contributed by atoms with Gasteiger partial charge >= 0.3 is 0 Å². The van der Waals surface area contributed by atoms with E-state index in [0.717, 1.165) is 0 Å². The Morgan fingerprint density at radius 3 is 1.82 bits per heavy atom. The summed E-state index contributed by atoms with van der Waals surface area (Å²) in [6.45, 7) is 3.95. The maximum Gasteiger partial charge on any atom is 0.233 e. The minimum Gasteiger partial charge on any atom is -0.285 e. The van der Waals surface area contributed by atoms with E-state index >= 15 is 0 Å². The summed E-state index contributed by atoms with van der Waals surface area (Å²) in [6, 6.07) is 0. The fourth-order valence-corrected chi connectivity index (χ4v) is 2.09. The highest BCUT2D eigenvalue weighted by atomic mass is 16.2. The standard InChI is InChI=1S/C8H11NO2/c1-8(2)4-5(8)7(11)9(3)6(4)10/h4-5H,1-3H3. The first kappa shape index (κ1) is 6.83. The van der Waals surface area contributed by atoms with Gasteiger partial charge < -0.3 is 0 Å². The van der Waals surface area contributed by atoms with E-state index in [1.807, 2.05) is 13.8 Å². The summed E-state index contributed by atoms with van der Waals surface area (Å²) in [4.78, 5) is 23.8. The third kappa shape index (κ3) is 0.549. The fourth-order valence-electron chi connectivity index (χ4n) is 2.09. The molecular weight excluding hydrogens is 142 g/mol. The van der Waals surface area contributed by atoms with E-state index in [4.69, 9.17) is 0 Å². The first-order chi connectivity index (χ1) is 4.98. The molecule has 3 heteroatoms. The van der Waals surface area contributed by atoms with E-state index in [1.54, 1.807) is 7.05 Å². The number of piperidine rings is 1. The van der Waals surface area contributed by atoms with Crippen LogP contribution in [0.1, 0.15) is 13.8 Å². The lowest BCUT2D eigenvalue weighted by Gasteiger charge is -2.14. The van der Waals surface area contributed by atoms with Gasteiger partial charge in [-0.25, -0.2) is 0 Å². The molecule has 2 atom stereocenters. The molecule has 11 heavy (non-hydrogen) atoms. The third-order valence-electron chi connectivity index (χ3n) is 3.02. The molecule has 0 radical (unpaired) electrons. The second-order valence-electron chi connectivity index (χ2n) is 4.01. The number of carbonyl (C=O) groups is 2. The van der Waals surface area contributed by atoms with Crippen LogP contribution in [0.25, 0.3) is 0 Å². The highest BCUT2D eigenvalue weighted by molar-refractivity contribution is 6.10. The molecule has 1 saturated heterocycles. The van der Waals surface area contributed by atoms with Gasteiger partial charge in [-0.15, -0.1) is 0 Å². The number of carbonyl (C=O) groups excluding carboxylic acids is 2. The summed E-state index contributed by atoms with van der Waals surface area (Å²) >= 11 is 0. The van der Waals surface area contributed by atoms with Crippen LogP contribution in [-0.2, 0) is 9.59 Å². The van der Waals surface area contributed by atoms with Crippen molar-refractivity contribution in [1.29, 1.82) is 0 Å². The Morgan fingerprint density at radius 2 is 1.55 bits per heavy atom. The zero-order valence-corrected chi connectivity index (χ0v) is 6.92. The molecule has 0 aromatic heterocycles. The lowest BCUT2D eigenvalue weighted by Crippen LogP contribution is -2.32. The van der Waals surface area contributed by atoms with Gasteiger partial charge in [0.25, 0.3) is 0 Å². The van der Waals surface area contributed by atoms with Gasteiger partial charge in [-0.05, 0) is 5.41 Å². The summed E-state index contributed by atoms with van der Waals surface area (Å²) in [6.07, 6.45) is 0. The van der Waals surface area contributed by atoms with Gasteiger partial charge in [0.05, 0.1) is 11.8 Å². The molecule has 2 amide bonds. The van der Waals surface area contributed by atoms with Crippen LogP contribution >= 0.6 is 0 Å². The maximum atomic E-state index is 11.3. The number of nitrogens with zero attached hydrogens (tertiary/aromatic N) is 1. The van der Waals surface area contributed by atoms with Gasteiger partial charge in [0, 0.05) is 7.05 Å². The largest absolute Gasteiger partial charge is 0.285 e. The molecule has 2 unspecified atom stereocenters. The number of fused-ring (bicyclic) bond motifs is 1. The number of rotatable bonds is 0. The van der Waals surface area contributed by atoms with Gasteiger partial charge in [0.2, 0.25) is 11.8 Å². The molecule has 2 fully saturated rings. The Bertz CT molecular complexity index is 233. The molecular formula is C8H11NO2. The van der Waals surface area contributed by atoms with Crippen LogP contribution in [-0.4, -0.2) is 23.8 Å². The van der Waals surface area contributed by atoms with Crippen molar-refractivity contribution in [2.45, 2.75) is 13.8 Å². The average Bonchev–Trinajstić information content (AvgIpc) is 2.39. The summed E-state index contributed by atoms with van der Waals surface area (Å²) in [5.41, 5.74) is -0.0549. The second kappa shape index (κ2) is 1.49. The molecule has 1 aliphatic heterocycles. The number of likely N-dealkylation sites (tertiary alicyclic amines) is 1. The minimum atomic E-state index is -0.0549. The molecule has 1 aliphatic carbocycles. The average molecular weight is 153 g/mol. The maximum absolute atomic E-state index is 11.3. The van der Waals surface area contributed by atoms with Crippen LogP contribution in [0.5, 0.6) is 0 Å². The normalized spacial score (nSPS) is 39.4. The van der Waals surface area contributed by atoms with E-state index in [1.165, 1.54) is 4.90 Å². The van der Waals surface area contributed by atoms with Crippen molar-refractivity contribution < 1.29 is 9.59 Å². The zero-order valence-electron chi connectivity index (χ0n) is 6.92. The zero-order chi connectivity index (χ0) is 8.39. The third-order valence-corrected chi connectivity index (χ3v) is 3.02. The Hall–Kier alpha value is -0.860. The number of amides is 2. The summed E-state index contributed by atoms with van der Waals surface area (Å²) in [7, 11) is 1.56. The van der Waals surface area contributed by atoms with E-state index in [2.05, 4.69) is 0 Å². The molecule has 0 spiro atoms. The fraction of sp³-hybridized carbons (Fsp3) is 0.750. The van der Waals surface area contributed by atoms with Gasteiger partial charge in [-0.1, -0.05) is 13.8 Å². The molecule has 0 aromatic rings. The highest BCUT2D eigenvalue weighted by Crippen LogP contribution is 2.62. The van der Waals surface area contributed by atoms with Crippen molar-refractivity contribution in [3.8, 4) is 0 Å². The van der Waals surface area contributed by atoms with Crippen molar-refractivity contribution >= 4 is 11.8 Å². The van der Waals surface area contributed by atoms with Crippen molar-refractivity contribution in [3.63, 3.8) is 0 Å². The molecule has 2 aliphatic rings. The van der Waals surface area contributed by atoms with Crippen LogP contribution < -0.4 is 0 Å². The van der Waals surface area contributed by atoms with Gasteiger partial charge in [0.1, 0.15) is 0 Å². The van der Waals surface area contributed by atoms with E-state index in [0.29, 0.717) is 0 Å². The molecule has 0 bridgehead atoms. The smallest absolute Gasteiger partial charge is 0.233 e. The molecule has 0 N–H and O–H groups in total. The quantitative estimate of drug-likeness (QED) is 0.468. The van der Waals surface area contributed by atoms with Crippen molar-refractivity contribution in [2.75, 3.05) is 7.05 Å². The number of hydrogen-bond donors (Lipinski definition) is 0. The number of hydrogen-bond acceptors (Lipinski definition) is 2. The molecule has 0 aromatic carbocycles. The molecule has 3 nitrogen and oxygen atoms in total. The topological polar surface area (TPSA) is 37.4 Å². The minimum absolute atomic E-state index is 0.00463. The first-order valence-corrected chi connectivity index (χ1v) is 3.79. The SMILES string of the molecule is CN1C(=O)C2C(C1=O)C2(C)C. The first-order valence-electron chi connectivity index (χ1n) is 3.79. The van der Waals surface area contributed by atoms with Gasteiger partial charge in [-0.2, -0.15) is 0 Å². The predicted molar refractivity (Wildman–Crippen MR) is 38.5 cm³/mol. The van der Waals surface area contributed by atoms with Crippen LogP contribution in [0, 0.1) is 17.3 Å². The van der Waals surface area contributed by atoms with Gasteiger partial charge in [0.15, 0.2) is 0 Å². The Labute approximate surface area is 65.4 Å². The lowest BCUT2D eigenvalue weighted by atomic mass is 10.1. The lowest BCUT2D eigenvalue weighted by molar-refractivity contribution is -0.141. The monoisotopic (exact) mass is 153 g/mol. The summed E-state index contributed by atoms with van der Waals surface area (Å²) in [5, 5.41) is 0. The second-order valence-corrected chi connectivity index (χ2v) is 4.01. The van der Waals surface area contributed by atoms with Crippen LogP contribution in [0.15, 0.2) is 0 Å². The molecule has 1 heterocycles. The summed E-state index contributed by atoms with van der Waals surface area (Å²) < 4.78 is 0. The van der Waals surface area contributed by atoms with Crippen molar-refractivity contribution in [2.24, 2.45) is 17.3 Å². The van der Waals surface area contributed by atoms with Crippen LogP contribution in [0.4, 0.5) is 0 Å². The Morgan fingerprint density at radius 1 is 1.18 bits per heavy atom. The molecule has 60 valence electrons. The van der Waals surface area contributed by atoms with Crippen molar-refractivity contribution in [1.82, 2.24) is 4.90 Å². The van der Waals surface area contributed by atoms with E-state index in [-0.39, 0.29) is 29.1 Å². The van der Waals surface area contributed by atoms with E-state index < -0.39 is 0 Å². The Balaban J connectivity index is 2.35. The van der Waals surface area contributed by atoms with Crippen molar-refractivity contribution in [3.05, 3.63) is 0 Å². The van der Waals surface area contributed by atoms with Crippen LogP contribution in [0.2, 0.25) is 0 Å².